The fraction of sp³-hybridized carbons (Fsp3) is 0.350. The van der Waals surface area contributed by atoms with E-state index in [0.717, 1.165) is 31.3 Å². The maximum absolute atomic E-state index is 12.1. The van der Waals surface area contributed by atoms with Gasteiger partial charge >= 0.3 is 0 Å². The van der Waals surface area contributed by atoms with Crippen molar-refractivity contribution in [2.45, 2.75) is 25.4 Å². The molecular formula is C20H25N3O3S. The van der Waals surface area contributed by atoms with Crippen molar-refractivity contribution in [2.75, 3.05) is 28.8 Å². The number of hydrogen-bond acceptors (Lipinski definition) is 5. The summed E-state index contributed by atoms with van der Waals surface area (Å²) in [4.78, 5) is 14.4. The zero-order valence-corrected chi connectivity index (χ0v) is 16.2. The third-order valence-corrected chi connectivity index (χ3v) is 5.69. The van der Waals surface area contributed by atoms with Crippen LogP contribution in [0.2, 0.25) is 0 Å². The first-order valence-electron chi connectivity index (χ1n) is 8.98. The van der Waals surface area contributed by atoms with Gasteiger partial charge in [-0.15, -0.1) is 0 Å². The molecule has 1 amide bonds. The zero-order chi connectivity index (χ0) is 19.4. The van der Waals surface area contributed by atoms with Gasteiger partial charge in [0.1, 0.15) is 9.84 Å². The number of carbonyl (C=O) groups is 1. The second-order valence-corrected chi connectivity index (χ2v) is 9.27. The van der Waals surface area contributed by atoms with Crippen molar-refractivity contribution in [3.8, 4) is 0 Å². The van der Waals surface area contributed by atoms with Crippen molar-refractivity contribution in [1.29, 1.82) is 0 Å². The number of rotatable bonds is 7. The van der Waals surface area contributed by atoms with Gasteiger partial charge in [-0.25, -0.2) is 8.42 Å². The molecule has 0 aliphatic carbocycles. The highest BCUT2D eigenvalue weighted by atomic mass is 32.2. The Labute approximate surface area is 160 Å². The molecule has 2 aromatic carbocycles. The lowest BCUT2D eigenvalue weighted by atomic mass is 10.1. The number of fused-ring (bicyclic) bond motifs is 1. The second kappa shape index (κ2) is 8.10. The van der Waals surface area contributed by atoms with Gasteiger partial charge in [-0.2, -0.15) is 0 Å². The van der Waals surface area contributed by atoms with Crippen molar-refractivity contribution in [3.63, 3.8) is 0 Å². The number of nitrogens with one attached hydrogen (secondary N) is 1. The molecule has 0 saturated heterocycles. The molecule has 2 aromatic rings. The zero-order valence-electron chi connectivity index (χ0n) is 15.4. The summed E-state index contributed by atoms with van der Waals surface area (Å²) in [6.07, 6.45) is 2.31. The van der Waals surface area contributed by atoms with E-state index >= 15 is 0 Å². The predicted molar refractivity (Wildman–Crippen MR) is 109 cm³/mol. The molecule has 0 radical (unpaired) electrons. The molecule has 0 bridgehead atoms. The van der Waals surface area contributed by atoms with Crippen molar-refractivity contribution in [2.24, 2.45) is 5.73 Å². The van der Waals surface area contributed by atoms with Crippen LogP contribution in [-0.2, 0) is 27.6 Å². The highest BCUT2D eigenvalue weighted by Crippen LogP contribution is 2.28. The predicted octanol–water partition coefficient (Wildman–Crippen LogP) is 1.95. The molecule has 27 heavy (non-hydrogen) atoms. The van der Waals surface area contributed by atoms with Gasteiger partial charge in [-0.3, -0.25) is 4.79 Å². The van der Waals surface area contributed by atoms with Crippen LogP contribution in [0.15, 0.2) is 48.5 Å². The number of nitrogens with two attached hydrogens (primary N) is 1. The number of sulfone groups is 1. The lowest BCUT2D eigenvalue weighted by molar-refractivity contribution is -0.117. The fourth-order valence-electron chi connectivity index (χ4n) is 3.19. The van der Waals surface area contributed by atoms with E-state index in [1.807, 2.05) is 24.3 Å². The number of amides is 1. The first kappa shape index (κ1) is 19.4. The van der Waals surface area contributed by atoms with E-state index in [2.05, 4.69) is 34.5 Å². The minimum Gasteiger partial charge on any atom is -0.367 e. The summed E-state index contributed by atoms with van der Waals surface area (Å²) in [6, 6.07) is 15.3. The summed E-state index contributed by atoms with van der Waals surface area (Å²) in [7, 11) is -3.13. The third kappa shape index (κ3) is 5.30. The van der Waals surface area contributed by atoms with Gasteiger partial charge in [0, 0.05) is 30.7 Å². The summed E-state index contributed by atoms with van der Waals surface area (Å²) in [5, 5.41) is 2.74. The number of benzene rings is 2. The Morgan fingerprint density at radius 3 is 2.59 bits per heavy atom. The summed E-state index contributed by atoms with van der Waals surface area (Å²) in [5.41, 5.74) is 10.2. The van der Waals surface area contributed by atoms with E-state index in [1.54, 1.807) is 0 Å². The third-order valence-electron chi connectivity index (χ3n) is 4.71. The fourth-order valence-corrected chi connectivity index (χ4v) is 3.87. The lowest BCUT2D eigenvalue weighted by Gasteiger charge is -2.19. The van der Waals surface area contributed by atoms with E-state index in [9.17, 15) is 13.2 Å². The number of hydrogen-bond donors (Lipinski definition) is 2. The second-order valence-electron chi connectivity index (χ2n) is 7.01. The number of carbonyl (C=O) groups excluding carboxylic acids is 1. The number of para-hydroxylation sites is 1. The van der Waals surface area contributed by atoms with Gasteiger partial charge in [-0.1, -0.05) is 30.3 Å². The Morgan fingerprint density at radius 1 is 1.19 bits per heavy atom. The van der Waals surface area contributed by atoms with E-state index in [-0.39, 0.29) is 18.1 Å². The molecule has 1 heterocycles. The Kier molecular flexibility index (Phi) is 5.82. The molecule has 0 saturated carbocycles. The highest BCUT2D eigenvalue weighted by Gasteiger charge is 2.19. The van der Waals surface area contributed by atoms with Gasteiger partial charge in [0.05, 0.1) is 11.8 Å². The molecule has 1 unspecified atom stereocenters. The van der Waals surface area contributed by atoms with Crippen LogP contribution >= 0.6 is 0 Å². The van der Waals surface area contributed by atoms with Crippen molar-refractivity contribution in [1.82, 2.24) is 0 Å². The average Bonchev–Trinajstić information content (AvgIpc) is 3.04. The largest absolute Gasteiger partial charge is 0.367 e. The number of nitrogens with zero attached hydrogens (tertiary/aromatic N) is 1. The van der Waals surface area contributed by atoms with Gasteiger partial charge in [-0.05, 0) is 42.2 Å². The first-order valence-corrected chi connectivity index (χ1v) is 11.0. The molecule has 1 atom stereocenters. The molecule has 0 aromatic heterocycles. The van der Waals surface area contributed by atoms with Gasteiger partial charge < -0.3 is 16.0 Å². The highest BCUT2D eigenvalue weighted by molar-refractivity contribution is 7.90. The van der Waals surface area contributed by atoms with Crippen molar-refractivity contribution in [3.05, 3.63) is 59.7 Å². The topological polar surface area (TPSA) is 92.5 Å². The van der Waals surface area contributed by atoms with Crippen LogP contribution in [0.1, 0.15) is 17.5 Å². The van der Waals surface area contributed by atoms with Crippen LogP contribution in [0.4, 0.5) is 11.4 Å². The SMILES string of the molecule is CS(=O)(=O)CCC(N)C(=O)Nc1ccc(CN2CCc3ccccc32)cc1. The molecule has 6 nitrogen and oxygen atoms in total. The first-order chi connectivity index (χ1) is 12.8. The Bertz CT molecular complexity index is 910. The van der Waals surface area contributed by atoms with E-state index in [1.165, 1.54) is 11.3 Å². The van der Waals surface area contributed by atoms with Gasteiger partial charge in [0.2, 0.25) is 5.91 Å². The molecule has 1 aliphatic heterocycles. The Hall–Kier alpha value is -2.38. The molecule has 1 aliphatic rings. The monoisotopic (exact) mass is 387 g/mol. The van der Waals surface area contributed by atoms with Crippen LogP contribution in [0.25, 0.3) is 0 Å². The summed E-state index contributed by atoms with van der Waals surface area (Å²) >= 11 is 0. The van der Waals surface area contributed by atoms with Crippen LogP contribution in [0, 0.1) is 0 Å². The van der Waals surface area contributed by atoms with E-state index in [4.69, 9.17) is 5.73 Å². The van der Waals surface area contributed by atoms with Crippen LogP contribution in [0.5, 0.6) is 0 Å². The summed E-state index contributed by atoms with van der Waals surface area (Å²) in [6.45, 7) is 1.83. The quantitative estimate of drug-likeness (QED) is 0.758. The minimum absolute atomic E-state index is 0.0994. The maximum atomic E-state index is 12.1. The van der Waals surface area contributed by atoms with E-state index in [0.29, 0.717) is 5.69 Å². The molecule has 3 rings (SSSR count). The van der Waals surface area contributed by atoms with E-state index < -0.39 is 15.9 Å². The molecular weight excluding hydrogens is 362 g/mol. The molecule has 3 N–H and O–H groups in total. The minimum atomic E-state index is -3.13. The maximum Gasteiger partial charge on any atom is 0.241 e. The normalized spacial score (nSPS) is 14.7. The van der Waals surface area contributed by atoms with Crippen LogP contribution in [-0.4, -0.2) is 38.9 Å². The van der Waals surface area contributed by atoms with Crippen LogP contribution in [0.3, 0.4) is 0 Å². The molecule has 144 valence electrons. The molecule has 7 heteroatoms. The Balaban J connectivity index is 1.55. The van der Waals surface area contributed by atoms with Crippen molar-refractivity contribution < 1.29 is 13.2 Å². The van der Waals surface area contributed by atoms with Crippen LogP contribution < -0.4 is 16.0 Å². The number of anilines is 2. The standard InChI is InChI=1S/C20H25N3O3S/c1-27(25,26)13-11-18(21)20(24)22-17-8-6-15(7-9-17)14-23-12-10-16-4-2-3-5-19(16)23/h2-9,18H,10-14,21H2,1H3,(H,22,24). The lowest BCUT2D eigenvalue weighted by Crippen LogP contribution is -2.37. The van der Waals surface area contributed by atoms with Crippen molar-refractivity contribution >= 4 is 27.1 Å². The average molecular weight is 388 g/mol. The van der Waals surface area contributed by atoms with Gasteiger partial charge in [0.25, 0.3) is 0 Å². The smallest absolute Gasteiger partial charge is 0.241 e. The summed E-state index contributed by atoms with van der Waals surface area (Å²) < 4.78 is 22.4. The Morgan fingerprint density at radius 2 is 1.89 bits per heavy atom. The molecule has 0 spiro atoms. The summed E-state index contributed by atoms with van der Waals surface area (Å²) in [5.74, 6) is -0.474. The molecule has 0 fully saturated rings. The van der Waals surface area contributed by atoms with Gasteiger partial charge in [0.15, 0.2) is 0 Å².